The van der Waals surface area contributed by atoms with Gasteiger partial charge in [-0.1, -0.05) is 22.4 Å². The molecule has 1 fully saturated rings. The number of hydrogen-bond donors (Lipinski definition) is 0. The van der Waals surface area contributed by atoms with Gasteiger partial charge in [0.15, 0.2) is 0 Å². The summed E-state index contributed by atoms with van der Waals surface area (Å²) < 4.78 is 6.64. The Hall–Kier alpha value is -1.36. The number of anilines is 1. The largest absolute Gasteiger partial charge is 0.461 e. The van der Waals surface area contributed by atoms with Crippen molar-refractivity contribution < 1.29 is 14.3 Å². The molecule has 2 aliphatic rings. The van der Waals surface area contributed by atoms with E-state index >= 15 is 0 Å². The number of ether oxygens (including phenoxy) is 1. The highest BCUT2D eigenvalue weighted by Gasteiger charge is 2.34. The van der Waals surface area contributed by atoms with Crippen LogP contribution in [-0.4, -0.2) is 24.0 Å². The summed E-state index contributed by atoms with van der Waals surface area (Å²) in [4.78, 5) is 26.5. The van der Waals surface area contributed by atoms with Crippen LogP contribution >= 0.6 is 15.9 Å². The van der Waals surface area contributed by atoms with Gasteiger partial charge in [0.05, 0.1) is 0 Å². The minimum absolute atomic E-state index is 0.00656. The van der Waals surface area contributed by atoms with Crippen molar-refractivity contribution in [2.45, 2.75) is 64.0 Å². The molecule has 3 rings (SSSR count). The van der Waals surface area contributed by atoms with E-state index in [4.69, 9.17) is 4.74 Å². The number of fused-ring (bicyclic) bond motifs is 1. The first-order valence-electron chi connectivity index (χ1n) is 8.37. The zero-order valence-electron chi connectivity index (χ0n) is 13.4. The van der Waals surface area contributed by atoms with Crippen LogP contribution in [0.25, 0.3) is 0 Å². The van der Waals surface area contributed by atoms with Gasteiger partial charge in [0.25, 0.3) is 0 Å². The van der Waals surface area contributed by atoms with E-state index in [-0.39, 0.29) is 18.0 Å². The molecule has 1 heterocycles. The van der Waals surface area contributed by atoms with Crippen molar-refractivity contribution in [2.75, 3.05) is 4.90 Å². The number of rotatable bonds is 3. The van der Waals surface area contributed by atoms with Crippen LogP contribution in [0.5, 0.6) is 0 Å². The summed E-state index contributed by atoms with van der Waals surface area (Å²) >= 11 is 3.46. The second-order valence-corrected chi connectivity index (χ2v) is 7.33. The molecule has 1 amide bonds. The number of benzene rings is 1. The summed E-state index contributed by atoms with van der Waals surface area (Å²) in [6.07, 6.45) is 6.50. The number of carbonyl (C=O) groups excluding carboxylic acids is 2. The zero-order valence-corrected chi connectivity index (χ0v) is 15.0. The average molecular weight is 380 g/mol. The Morgan fingerprint density at radius 2 is 2.00 bits per heavy atom. The molecule has 1 aromatic carbocycles. The van der Waals surface area contributed by atoms with Crippen molar-refractivity contribution >= 4 is 33.5 Å². The van der Waals surface area contributed by atoms with E-state index in [9.17, 15) is 9.59 Å². The highest BCUT2D eigenvalue weighted by molar-refractivity contribution is 9.10. The minimum Gasteiger partial charge on any atom is -0.461 e. The standard InChI is InChI=1S/C18H22BrNO3/c1-12(18(22)23-15-5-3-2-4-6-15)20-16-9-8-14(19)11-13(16)7-10-17(20)21/h8-9,11-12,15H,2-7,10H2,1H3. The fraction of sp³-hybridized carbons (Fsp3) is 0.556. The van der Waals surface area contributed by atoms with Crippen LogP contribution in [0.3, 0.4) is 0 Å². The van der Waals surface area contributed by atoms with Crippen molar-refractivity contribution in [3.63, 3.8) is 0 Å². The molecular weight excluding hydrogens is 358 g/mol. The van der Waals surface area contributed by atoms with E-state index in [1.807, 2.05) is 18.2 Å². The maximum Gasteiger partial charge on any atom is 0.329 e. The molecule has 1 atom stereocenters. The third-order valence-electron chi connectivity index (χ3n) is 4.74. The van der Waals surface area contributed by atoms with E-state index in [0.29, 0.717) is 12.8 Å². The van der Waals surface area contributed by atoms with Crippen molar-refractivity contribution in [1.29, 1.82) is 0 Å². The quantitative estimate of drug-likeness (QED) is 0.745. The van der Waals surface area contributed by atoms with E-state index in [2.05, 4.69) is 15.9 Å². The Bertz CT molecular complexity index is 610. The lowest BCUT2D eigenvalue weighted by atomic mass is 9.97. The van der Waals surface area contributed by atoms with Gasteiger partial charge in [-0.05, 0) is 62.8 Å². The topological polar surface area (TPSA) is 46.6 Å². The van der Waals surface area contributed by atoms with Crippen LogP contribution in [0.2, 0.25) is 0 Å². The first-order chi connectivity index (χ1) is 11.1. The lowest BCUT2D eigenvalue weighted by Crippen LogP contribution is -2.47. The molecule has 1 aliphatic carbocycles. The molecule has 1 aliphatic heterocycles. The number of carbonyl (C=O) groups is 2. The Labute approximate surface area is 145 Å². The third-order valence-corrected chi connectivity index (χ3v) is 5.23. The number of aryl methyl sites for hydroxylation is 1. The molecule has 0 saturated heterocycles. The van der Waals surface area contributed by atoms with E-state index in [1.165, 1.54) is 6.42 Å². The highest BCUT2D eigenvalue weighted by Crippen LogP contribution is 2.32. The fourth-order valence-electron chi connectivity index (χ4n) is 3.46. The second kappa shape index (κ2) is 7.04. The number of nitrogens with zero attached hydrogens (tertiary/aromatic N) is 1. The van der Waals surface area contributed by atoms with Gasteiger partial charge >= 0.3 is 5.97 Å². The molecule has 4 nitrogen and oxygen atoms in total. The Kier molecular flexibility index (Phi) is 5.05. The SMILES string of the molecule is CC(C(=O)OC1CCCCC1)N1C(=O)CCc2cc(Br)ccc21. The van der Waals surface area contributed by atoms with Crippen LogP contribution in [0.4, 0.5) is 5.69 Å². The summed E-state index contributed by atoms with van der Waals surface area (Å²) in [6, 6.07) is 5.25. The Morgan fingerprint density at radius 1 is 1.26 bits per heavy atom. The number of amides is 1. The van der Waals surface area contributed by atoms with Gasteiger partial charge in [-0.15, -0.1) is 0 Å². The molecule has 0 spiro atoms. The summed E-state index contributed by atoms with van der Waals surface area (Å²) in [5.74, 6) is -0.297. The maximum atomic E-state index is 12.5. The first-order valence-corrected chi connectivity index (χ1v) is 9.16. The molecule has 5 heteroatoms. The monoisotopic (exact) mass is 379 g/mol. The Morgan fingerprint density at radius 3 is 2.74 bits per heavy atom. The van der Waals surface area contributed by atoms with Crippen LogP contribution in [0, 0.1) is 0 Å². The van der Waals surface area contributed by atoms with Gasteiger partial charge < -0.3 is 4.74 Å². The van der Waals surface area contributed by atoms with Crippen molar-refractivity contribution in [1.82, 2.24) is 0 Å². The summed E-state index contributed by atoms with van der Waals surface area (Å²) in [5, 5.41) is 0. The molecule has 0 aromatic heterocycles. The van der Waals surface area contributed by atoms with Crippen LogP contribution in [0.15, 0.2) is 22.7 Å². The molecule has 1 saturated carbocycles. The predicted octanol–water partition coefficient (Wildman–Crippen LogP) is 3.99. The van der Waals surface area contributed by atoms with Crippen molar-refractivity contribution in [3.05, 3.63) is 28.2 Å². The summed E-state index contributed by atoms with van der Waals surface area (Å²) in [5.41, 5.74) is 1.92. The van der Waals surface area contributed by atoms with Crippen molar-refractivity contribution in [3.8, 4) is 0 Å². The molecule has 0 radical (unpaired) electrons. The smallest absolute Gasteiger partial charge is 0.329 e. The van der Waals surface area contributed by atoms with E-state index in [1.54, 1.807) is 11.8 Å². The summed E-state index contributed by atoms with van der Waals surface area (Å²) in [7, 11) is 0. The summed E-state index contributed by atoms with van der Waals surface area (Å²) in [6.45, 7) is 1.76. The van der Waals surface area contributed by atoms with Gasteiger partial charge in [-0.25, -0.2) is 4.79 Å². The molecule has 124 valence electrons. The van der Waals surface area contributed by atoms with E-state index in [0.717, 1.165) is 41.4 Å². The van der Waals surface area contributed by atoms with Crippen LogP contribution in [0.1, 0.15) is 51.0 Å². The third kappa shape index (κ3) is 3.60. The first kappa shape index (κ1) is 16.5. The van der Waals surface area contributed by atoms with Gasteiger partial charge in [-0.3, -0.25) is 9.69 Å². The molecular formula is C18H22BrNO3. The minimum atomic E-state index is -0.579. The Balaban J connectivity index is 1.76. The molecule has 1 aromatic rings. The number of hydrogen-bond acceptors (Lipinski definition) is 3. The molecule has 23 heavy (non-hydrogen) atoms. The van der Waals surface area contributed by atoms with Crippen molar-refractivity contribution in [2.24, 2.45) is 0 Å². The lowest BCUT2D eigenvalue weighted by molar-refractivity contribution is -0.152. The highest BCUT2D eigenvalue weighted by atomic mass is 79.9. The van der Waals surface area contributed by atoms with Crippen LogP contribution in [-0.2, 0) is 20.7 Å². The lowest BCUT2D eigenvalue weighted by Gasteiger charge is -2.34. The molecule has 0 N–H and O–H groups in total. The van der Waals surface area contributed by atoms with Gasteiger partial charge in [0.1, 0.15) is 12.1 Å². The number of halogens is 1. The van der Waals surface area contributed by atoms with E-state index < -0.39 is 6.04 Å². The molecule has 1 unspecified atom stereocenters. The van der Waals surface area contributed by atoms with Crippen LogP contribution < -0.4 is 4.90 Å². The fourth-order valence-corrected chi connectivity index (χ4v) is 3.87. The predicted molar refractivity (Wildman–Crippen MR) is 92.4 cm³/mol. The normalized spacial score (nSPS) is 20.1. The number of esters is 1. The van der Waals surface area contributed by atoms with Gasteiger partial charge in [0.2, 0.25) is 5.91 Å². The zero-order chi connectivity index (χ0) is 16.4. The van der Waals surface area contributed by atoms with Gasteiger partial charge in [-0.2, -0.15) is 0 Å². The molecule has 0 bridgehead atoms. The average Bonchev–Trinajstić information content (AvgIpc) is 2.55. The van der Waals surface area contributed by atoms with Gasteiger partial charge in [0, 0.05) is 16.6 Å². The maximum absolute atomic E-state index is 12.5. The second-order valence-electron chi connectivity index (χ2n) is 6.41.